The first kappa shape index (κ1) is 21.3. The predicted molar refractivity (Wildman–Crippen MR) is 122 cm³/mol. The Morgan fingerprint density at radius 3 is 2.48 bits per heavy atom. The van der Waals surface area contributed by atoms with Gasteiger partial charge in [0.2, 0.25) is 5.91 Å². The number of nitrogens with one attached hydrogen (secondary N) is 1. The highest BCUT2D eigenvalue weighted by molar-refractivity contribution is 6.01. The van der Waals surface area contributed by atoms with Crippen molar-refractivity contribution < 1.29 is 9.18 Å². The minimum atomic E-state index is -1.13. The normalized spacial score (nSPS) is 26.4. The molecule has 0 bridgehead atoms. The molecule has 2 atom stereocenters. The van der Waals surface area contributed by atoms with E-state index in [9.17, 15) is 4.79 Å². The third-order valence-electron chi connectivity index (χ3n) is 7.35. The first-order valence-electron chi connectivity index (χ1n) is 10.7. The molecule has 0 saturated heterocycles. The average Bonchev–Trinajstić information content (AvgIpc) is 2.97. The Balaban J connectivity index is 1.75. The molecule has 1 aliphatic heterocycles. The Kier molecular flexibility index (Phi) is 4.69. The van der Waals surface area contributed by atoms with E-state index in [1.54, 1.807) is 40.0 Å². The van der Waals surface area contributed by atoms with E-state index in [0.29, 0.717) is 5.56 Å². The van der Waals surface area contributed by atoms with Gasteiger partial charge >= 0.3 is 0 Å². The summed E-state index contributed by atoms with van der Waals surface area (Å²) < 4.78 is 15.1. The number of anilines is 1. The Morgan fingerprint density at radius 1 is 1.10 bits per heavy atom. The molecule has 0 fully saturated rings. The Hall–Kier alpha value is -2.89. The third-order valence-corrected chi connectivity index (χ3v) is 7.35. The molecular formula is C25H31FN4O. The number of amides is 1. The molecule has 2 aromatic carbocycles. The molecule has 1 amide bonds. The summed E-state index contributed by atoms with van der Waals surface area (Å²) in [6.07, 6.45) is 0.941. The van der Waals surface area contributed by atoms with E-state index in [2.05, 4.69) is 48.4 Å². The SMILES string of the molecule is CN1C(=O)C(C)(C)C(C)(c2cc(NC3CC(C)(C)c4ccccc43)ccc2F)N=C1N. The Labute approximate surface area is 183 Å². The molecule has 1 heterocycles. The van der Waals surface area contributed by atoms with Crippen LogP contribution in [0.4, 0.5) is 10.1 Å². The lowest BCUT2D eigenvalue weighted by atomic mass is 9.67. The van der Waals surface area contributed by atoms with Crippen LogP contribution in [0, 0.1) is 11.2 Å². The molecular weight excluding hydrogens is 391 g/mol. The van der Waals surface area contributed by atoms with Crippen LogP contribution in [0.25, 0.3) is 0 Å². The minimum absolute atomic E-state index is 0.0597. The van der Waals surface area contributed by atoms with Crippen LogP contribution >= 0.6 is 0 Å². The number of halogens is 1. The van der Waals surface area contributed by atoms with Gasteiger partial charge in [0.15, 0.2) is 5.96 Å². The number of nitrogens with zero attached hydrogens (tertiary/aromatic N) is 2. The molecule has 1 aliphatic carbocycles. The first-order chi connectivity index (χ1) is 14.4. The van der Waals surface area contributed by atoms with E-state index in [0.717, 1.165) is 12.1 Å². The summed E-state index contributed by atoms with van der Waals surface area (Å²) in [5.41, 5.74) is 7.74. The topological polar surface area (TPSA) is 70.7 Å². The van der Waals surface area contributed by atoms with Crippen LogP contribution in [0.5, 0.6) is 0 Å². The molecule has 0 saturated carbocycles. The molecule has 4 rings (SSSR count). The number of aliphatic imine (C=N–C) groups is 1. The zero-order chi connectivity index (χ0) is 22.8. The number of fused-ring (bicyclic) bond motifs is 1. The van der Waals surface area contributed by atoms with Gasteiger partial charge in [0.25, 0.3) is 0 Å². The highest BCUT2D eigenvalue weighted by atomic mass is 19.1. The molecule has 0 radical (unpaired) electrons. The van der Waals surface area contributed by atoms with Crippen molar-refractivity contribution in [2.75, 3.05) is 12.4 Å². The molecule has 31 heavy (non-hydrogen) atoms. The summed E-state index contributed by atoms with van der Waals surface area (Å²) in [6, 6.07) is 13.5. The summed E-state index contributed by atoms with van der Waals surface area (Å²) in [5, 5.41) is 3.59. The van der Waals surface area contributed by atoms with Crippen LogP contribution in [0.2, 0.25) is 0 Å². The van der Waals surface area contributed by atoms with Crippen molar-refractivity contribution in [1.82, 2.24) is 4.90 Å². The van der Waals surface area contributed by atoms with Gasteiger partial charge in [0.05, 0.1) is 11.5 Å². The van der Waals surface area contributed by atoms with Crippen molar-refractivity contribution in [3.63, 3.8) is 0 Å². The standard InChI is InChI=1S/C25H31FN4O/c1-23(2)14-20(16-9-7-8-10-17(16)23)28-15-11-12-19(26)18(13-15)25(5)24(3,4)21(31)30(6)22(27)29-25/h7-13,20,28H,14H2,1-6H3,(H2,27,29). The summed E-state index contributed by atoms with van der Waals surface area (Å²) in [5.74, 6) is -0.495. The molecule has 2 unspecified atom stereocenters. The van der Waals surface area contributed by atoms with Crippen molar-refractivity contribution >= 4 is 17.6 Å². The van der Waals surface area contributed by atoms with Gasteiger partial charge in [-0.05, 0) is 61.9 Å². The van der Waals surface area contributed by atoms with Gasteiger partial charge in [-0.2, -0.15) is 0 Å². The maximum Gasteiger partial charge on any atom is 0.237 e. The van der Waals surface area contributed by atoms with E-state index < -0.39 is 16.8 Å². The highest BCUT2D eigenvalue weighted by Gasteiger charge is 2.53. The number of nitrogens with two attached hydrogens (primary N) is 1. The van der Waals surface area contributed by atoms with Crippen LogP contribution in [0.1, 0.15) is 63.8 Å². The van der Waals surface area contributed by atoms with Crippen LogP contribution in [-0.2, 0) is 15.7 Å². The lowest BCUT2D eigenvalue weighted by Gasteiger charge is -2.46. The van der Waals surface area contributed by atoms with Gasteiger partial charge < -0.3 is 11.1 Å². The van der Waals surface area contributed by atoms with Crippen molar-refractivity contribution in [2.24, 2.45) is 16.1 Å². The second kappa shape index (κ2) is 6.81. The molecule has 2 aromatic rings. The lowest BCUT2D eigenvalue weighted by Crippen LogP contribution is -2.58. The third kappa shape index (κ3) is 3.11. The number of guanidine groups is 1. The fourth-order valence-electron chi connectivity index (χ4n) is 5.04. The summed E-state index contributed by atoms with van der Waals surface area (Å²) >= 11 is 0. The second-order valence-corrected chi connectivity index (χ2v) is 10.1. The number of carbonyl (C=O) groups is 1. The predicted octanol–water partition coefficient (Wildman–Crippen LogP) is 4.69. The lowest BCUT2D eigenvalue weighted by molar-refractivity contribution is -0.140. The Bertz CT molecular complexity index is 1090. The van der Waals surface area contributed by atoms with Gasteiger partial charge in [-0.25, -0.2) is 9.38 Å². The highest BCUT2D eigenvalue weighted by Crippen LogP contribution is 2.49. The maximum absolute atomic E-state index is 15.1. The van der Waals surface area contributed by atoms with Gasteiger partial charge in [0, 0.05) is 18.3 Å². The number of rotatable bonds is 3. The van der Waals surface area contributed by atoms with Gasteiger partial charge in [-0.15, -0.1) is 0 Å². The van der Waals surface area contributed by atoms with Crippen molar-refractivity contribution in [1.29, 1.82) is 0 Å². The Morgan fingerprint density at radius 2 is 1.77 bits per heavy atom. The van der Waals surface area contributed by atoms with Gasteiger partial charge in [-0.1, -0.05) is 38.1 Å². The average molecular weight is 423 g/mol. The number of hydrogen-bond donors (Lipinski definition) is 2. The smallest absolute Gasteiger partial charge is 0.237 e. The van der Waals surface area contributed by atoms with Gasteiger partial charge in [-0.3, -0.25) is 9.69 Å². The number of benzene rings is 2. The first-order valence-corrected chi connectivity index (χ1v) is 10.7. The van der Waals surface area contributed by atoms with Gasteiger partial charge in [0.1, 0.15) is 11.4 Å². The van der Waals surface area contributed by atoms with Crippen molar-refractivity contribution in [2.45, 2.75) is 58.0 Å². The minimum Gasteiger partial charge on any atom is -0.378 e. The van der Waals surface area contributed by atoms with E-state index in [4.69, 9.17) is 5.73 Å². The zero-order valence-electron chi connectivity index (χ0n) is 19.1. The van der Waals surface area contributed by atoms with Crippen LogP contribution in [0.3, 0.4) is 0 Å². The van der Waals surface area contributed by atoms with E-state index in [1.807, 2.05) is 0 Å². The van der Waals surface area contributed by atoms with Crippen LogP contribution in [-0.4, -0.2) is 23.8 Å². The number of hydrogen-bond acceptors (Lipinski definition) is 4. The van der Waals surface area contributed by atoms with Crippen molar-refractivity contribution in [3.05, 3.63) is 65.0 Å². The fourth-order valence-corrected chi connectivity index (χ4v) is 5.04. The van der Waals surface area contributed by atoms with E-state index >= 15 is 4.39 Å². The second-order valence-electron chi connectivity index (χ2n) is 10.1. The largest absolute Gasteiger partial charge is 0.378 e. The van der Waals surface area contributed by atoms with E-state index in [1.165, 1.54) is 22.1 Å². The number of carbonyl (C=O) groups excluding carboxylic acids is 1. The summed E-state index contributed by atoms with van der Waals surface area (Å²) in [7, 11) is 1.59. The molecule has 0 aromatic heterocycles. The molecule has 0 spiro atoms. The van der Waals surface area contributed by atoms with Crippen molar-refractivity contribution in [3.8, 4) is 0 Å². The molecule has 5 nitrogen and oxygen atoms in total. The molecule has 6 heteroatoms. The monoisotopic (exact) mass is 422 g/mol. The molecule has 2 aliphatic rings. The van der Waals surface area contributed by atoms with Crippen LogP contribution < -0.4 is 11.1 Å². The van der Waals surface area contributed by atoms with E-state index in [-0.39, 0.29) is 23.3 Å². The quantitative estimate of drug-likeness (QED) is 0.754. The summed E-state index contributed by atoms with van der Waals surface area (Å²) in [4.78, 5) is 18.9. The molecule has 164 valence electrons. The summed E-state index contributed by atoms with van der Waals surface area (Å²) in [6.45, 7) is 9.85. The maximum atomic E-state index is 15.1. The van der Waals surface area contributed by atoms with Crippen LogP contribution in [0.15, 0.2) is 47.5 Å². The molecule has 3 N–H and O–H groups in total. The fraction of sp³-hybridized carbons (Fsp3) is 0.440. The zero-order valence-corrected chi connectivity index (χ0v) is 19.1.